The van der Waals surface area contributed by atoms with E-state index in [1.54, 1.807) is 0 Å². The Kier molecular flexibility index (Phi) is 7.62. The van der Waals surface area contributed by atoms with Crippen molar-refractivity contribution in [1.82, 2.24) is 5.32 Å². The largest absolute Gasteiger partial charge is 0.396 e. The molecule has 0 radical (unpaired) electrons. The van der Waals surface area contributed by atoms with Gasteiger partial charge in [0, 0.05) is 12.6 Å². The van der Waals surface area contributed by atoms with Crippen LogP contribution in [0.3, 0.4) is 0 Å². The second-order valence-corrected chi connectivity index (χ2v) is 4.63. The van der Waals surface area contributed by atoms with E-state index in [1.807, 2.05) is 12.1 Å². The predicted molar refractivity (Wildman–Crippen MR) is 73.0 cm³/mol. The van der Waals surface area contributed by atoms with E-state index in [-0.39, 0.29) is 12.4 Å². The highest BCUT2D eigenvalue weighted by molar-refractivity contribution is 5.19. The topological polar surface area (TPSA) is 32.3 Å². The monoisotopic (exact) mass is 253 g/mol. The number of benzene rings is 1. The second kappa shape index (κ2) is 9.06. The zero-order chi connectivity index (χ0) is 13.2. The highest BCUT2D eigenvalue weighted by atomic mass is 19.1. The van der Waals surface area contributed by atoms with Crippen molar-refractivity contribution >= 4 is 0 Å². The molecule has 0 aliphatic rings. The zero-order valence-electron chi connectivity index (χ0n) is 11.2. The third kappa shape index (κ3) is 5.61. The van der Waals surface area contributed by atoms with E-state index in [0.29, 0.717) is 6.04 Å². The van der Waals surface area contributed by atoms with Gasteiger partial charge in [0.15, 0.2) is 0 Å². The molecule has 18 heavy (non-hydrogen) atoms. The minimum absolute atomic E-state index is 0.187. The molecule has 0 saturated heterocycles. The smallest absolute Gasteiger partial charge is 0.123 e. The summed E-state index contributed by atoms with van der Waals surface area (Å²) < 4.78 is 12.9. The van der Waals surface area contributed by atoms with Crippen LogP contribution in [0.25, 0.3) is 0 Å². The third-order valence-electron chi connectivity index (χ3n) is 3.09. The Labute approximate surface area is 109 Å². The molecule has 0 aliphatic heterocycles. The van der Waals surface area contributed by atoms with Gasteiger partial charge in [-0.1, -0.05) is 31.9 Å². The summed E-state index contributed by atoms with van der Waals surface area (Å²) in [6.45, 7) is 3.32. The summed E-state index contributed by atoms with van der Waals surface area (Å²) in [5.74, 6) is -0.187. The summed E-state index contributed by atoms with van der Waals surface area (Å²) in [6.07, 6.45) is 5.20. The van der Waals surface area contributed by atoms with Gasteiger partial charge in [0.1, 0.15) is 5.82 Å². The number of hydrogen-bond donors (Lipinski definition) is 2. The number of halogens is 1. The van der Waals surface area contributed by atoms with Gasteiger partial charge < -0.3 is 10.4 Å². The van der Waals surface area contributed by atoms with Crippen molar-refractivity contribution in [3.8, 4) is 0 Å². The first kappa shape index (κ1) is 15.1. The van der Waals surface area contributed by atoms with E-state index < -0.39 is 0 Å². The van der Waals surface area contributed by atoms with Crippen LogP contribution in [0, 0.1) is 5.82 Å². The maximum Gasteiger partial charge on any atom is 0.123 e. The Balaban J connectivity index is 2.51. The van der Waals surface area contributed by atoms with Crippen molar-refractivity contribution in [3.05, 3.63) is 35.6 Å². The minimum Gasteiger partial charge on any atom is -0.396 e. The average molecular weight is 253 g/mol. The summed E-state index contributed by atoms with van der Waals surface area (Å²) >= 11 is 0. The Morgan fingerprint density at radius 3 is 2.50 bits per heavy atom. The molecule has 1 aromatic carbocycles. The van der Waals surface area contributed by atoms with Crippen LogP contribution in [0.5, 0.6) is 0 Å². The number of nitrogens with one attached hydrogen (secondary N) is 1. The summed E-state index contributed by atoms with van der Waals surface area (Å²) in [5, 5.41) is 12.2. The molecule has 0 spiro atoms. The number of hydrogen-bond acceptors (Lipinski definition) is 2. The van der Waals surface area contributed by atoms with Gasteiger partial charge in [-0.05, 0) is 43.5 Å². The lowest BCUT2D eigenvalue weighted by molar-refractivity contribution is 0.282. The Bertz CT molecular complexity index is 313. The molecule has 0 aromatic heterocycles. The maximum atomic E-state index is 12.9. The fourth-order valence-electron chi connectivity index (χ4n) is 2.00. The van der Waals surface area contributed by atoms with Gasteiger partial charge in [-0.2, -0.15) is 0 Å². The molecule has 1 rings (SSSR count). The Hall–Kier alpha value is -0.930. The summed E-state index contributed by atoms with van der Waals surface area (Å²) in [6, 6.07) is 7.04. The number of aliphatic hydroxyl groups is 1. The molecule has 102 valence electrons. The molecule has 0 saturated carbocycles. The molecule has 1 aromatic rings. The standard InChI is InChI=1S/C15H24FNO/c1-2-3-6-15(17-11-4-5-12-18)13-7-9-14(16)10-8-13/h7-10,15,17-18H,2-6,11-12H2,1H3. The first-order valence-corrected chi connectivity index (χ1v) is 6.87. The van der Waals surface area contributed by atoms with E-state index in [0.717, 1.165) is 44.2 Å². The first-order valence-electron chi connectivity index (χ1n) is 6.87. The zero-order valence-corrected chi connectivity index (χ0v) is 11.2. The van der Waals surface area contributed by atoms with Crippen molar-refractivity contribution in [1.29, 1.82) is 0 Å². The quantitative estimate of drug-likeness (QED) is 0.661. The van der Waals surface area contributed by atoms with Crippen molar-refractivity contribution in [2.75, 3.05) is 13.2 Å². The van der Waals surface area contributed by atoms with Crippen LogP contribution in [0.15, 0.2) is 24.3 Å². The molecule has 2 N–H and O–H groups in total. The van der Waals surface area contributed by atoms with E-state index in [2.05, 4.69) is 12.2 Å². The number of aliphatic hydroxyl groups excluding tert-OH is 1. The van der Waals surface area contributed by atoms with Crippen molar-refractivity contribution < 1.29 is 9.50 Å². The van der Waals surface area contributed by atoms with Crippen molar-refractivity contribution in [2.45, 2.75) is 45.1 Å². The highest BCUT2D eigenvalue weighted by Crippen LogP contribution is 2.19. The normalized spacial score (nSPS) is 12.6. The Morgan fingerprint density at radius 2 is 1.89 bits per heavy atom. The van der Waals surface area contributed by atoms with Crippen LogP contribution in [0.4, 0.5) is 4.39 Å². The molecule has 2 nitrogen and oxygen atoms in total. The molecule has 0 aliphatic carbocycles. The van der Waals surface area contributed by atoms with E-state index in [4.69, 9.17) is 5.11 Å². The lowest BCUT2D eigenvalue weighted by atomic mass is 10.0. The predicted octanol–water partition coefficient (Wildman–Crippen LogP) is 3.42. The molecule has 0 amide bonds. The Morgan fingerprint density at radius 1 is 1.17 bits per heavy atom. The highest BCUT2D eigenvalue weighted by Gasteiger charge is 2.09. The van der Waals surface area contributed by atoms with Crippen LogP contribution in [0.2, 0.25) is 0 Å². The van der Waals surface area contributed by atoms with E-state index in [1.165, 1.54) is 12.1 Å². The molecule has 3 heteroatoms. The summed E-state index contributed by atoms with van der Waals surface area (Å²) in [7, 11) is 0. The van der Waals surface area contributed by atoms with Gasteiger partial charge in [-0.3, -0.25) is 0 Å². The van der Waals surface area contributed by atoms with Gasteiger partial charge in [0.05, 0.1) is 0 Å². The van der Waals surface area contributed by atoms with Gasteiger partial charge in [-0.15, -0.1) is 0 Å². The second-order valence-electron chi connectivity index (χ2n) is 4.63. The van der Waals surface area contributed by atoms with E-state index >= 15 is 0 Å². The van der Waals surface area contributed by atoms with Crippen LogP contribution < -0.4 is 5.32 Å². The number of rotatable bonds is 9. The molecule has 1 atom stereocenters. The number of unbranched alkanes of at least 4 members (excludes halogenated alkanes) is 2. The first-order chi connectivity index (χ1) is 8.77. The third-order valence-corrected chi connectivity index (χ3v) is 3.09. The van der Waals surface area contributed by atoms with Crippen molar-refractivity contribution in [3.63, 3.8) is 0 Å². The SMILES string of the molecule is CCCCC(NCCCCO)c1ccc(F)cc1. The van der Waals surface area contributed by atoms with Crippen LogP contribution in [-0.2, 0) is 0 Å². The maximum absolute atomic E-state index is 12.9. The minimum atomic E-state index is -0.187. The molecule has 0 bridgehead atoms. The van der Waals surface area contributed by atoms with Crippen LogP contribution in [-0.4, -0.2) is 18.3 Å². The fraction of sp³-hybridized carbons (Fsp3) is 0.600. The van der Waals surface area contributed by atoms with Crippen LogP contribution >= 0.6 is 0 Å². The molecular formula is C15H24FNO. The van der Waals surface area contributed by atoms with Crippen molar-refractivity contribution in [2.24, 2.45) is 0 Å². The van der Waals surface area contributed by atoms with Gasteiger partial charge in [-0.25, -0.2) is 4.39 Å². The molecule has 0 heterocycles. The lowest BCUT2D eigenvalue weighted by Gasteiger charge is -2.19. The summed E-state index contributed by atoms with van der Waals surface area (Å²) in [4.78, 5) is 0. The lowest BCUT2D eigenvalue weighted by Crippen LogP contribution is -2.22. The van der Waals surface area contributed by atoms with Gasteiger partial charge >= 0.3 is 0 Å². The average Bonchev–Trinajstić information content (AvgIpc) is 2.39. The van der Waals surface area contributed by atoms with Gasteiger partial charge in [0.25, 0.3) is 0 Å². The molecule has 1 unspecified atom stereocenters. The van der Waals surface area contributed by atoms with Gasteiger partial charge in [0.2, 0.25) is 0 Å². The summed E-state index contributed by atoms with van der Waals surface area (Å²) in [5.41, 5.74) is 1.15. The molecule has 0 fully saturated rings. The van der Waals surface area contributed by atoms with E-state index in [9.17, 15) is 4.39 Å². The van der Waals surface area contributed by atoms with Crippen LogP contribution in [0.1, 0.15) is 50.6 Å². The fourth-order valence-corrected chi connectivity index (χ4v) is 2.00. The molecular weight excluding hydrogens is 229 g/mol.